The summed E-state index contributed by atoms with van der Waals surface area (Å²) in [6.45, 7) is 0. The van der Waals surface area contributed by atoms with Crippen molar-refractivity contribution in [3.63, 3.8) is 0 Å². The summed E-state index contributed by atoms with van der Waals surface area (Å²) in [7, 11) is 0. The summed E-state index contributed by atoms with van der Waals surface area (Å²) in [5.74, 6) is -5.71. The van der Waals surface area contributed by atoms with Gasteiger partial charge in [0, 0.05) is 17.8 Å². The molecule has 0 radical (unpaired) electrons. The van der Waals surface area contributed by atoms with E-state index in [-0.39, 0.29) is 11.2 Å². The van der Waals surface area contributed by atoms with Crippen LogP contribution in [0.5, 0.6) is 5.75 Å². The molecule has 0 fully saturated rings. The fourth-order valence-electron chi connectivity index (χ4n) is 2.31. The van der Waals surface area contributed by atoms with E-state index in [0.29, 0.717) is 12.1 Å². The molecule has 0 amide bonds. The first kappa shape index (κ1) is 16.5. The Hall–Kier alpha value is -3.36. The van der Waals surface area contributed by atoms with E-state index in [1.165, 1.54) is 0 Å². The van der Waals surface area contributed by atoms with Gasteiger partial charge in [-0.1, -0.05) is 0 Å². The minimum absolute atomic E-state index is 0.0647. The van der Waals surface area contributed by atoms with Gasteiger partial charge in [0.1, 0.15) is 0 Å². The highest BCUT2D eigenvalue weighted by molar-refractivity contribution is 5.82. The number of halogens is 4. The average Bonchev–Trinajstić information content (AvgIpc) is 2.54. The zero-order chi connectivity index (χ0) is 18.3. The summed E-state index contributed by atoms with van der Waals surface area (Å²) in [5, 5.41) is 8.29. The normalized spacial score (nSPS) is 10.9. The van der Waals surface area contributed by atoms with E-state index in [1.807, 2.05) is 0 Å². The van der Waals surface area contributed by atoms with Gasteiger partial charge in [0.15, 0.2) is 29.0 Å². The lowest BCUT2D eigenvalue weighted by Gasteiger charge is -2.13. The number of benzene rings is 2. The van der Waals surface area contributed by atoms with E-state index < -0.39 is 46.0 Å². The number of carbonyl (C=O) groups is 1. The molecule has 0 bridgehead atoms. The standard InChI is InChI=1S/C16H7F4NO4/c17-9-2-1-7(3-10(9)18)21-6-14(25-16(23)24)15(22)8-4-11(19)12(20)5-13(8)21/h1-6H,(H,23,24). The first-order chi connectivity index (χ1) is 11.8. The van der Waals surface area contributed by atoms with Gasteiger partial charge >= 0.3 is 6.16 Å². The largest absolute Gasteiger partial charge is 0.511 e. The van der Waals surface area contributed by atoms with Crippen LogP contribution >= 0.6 is 0 Å². The van der Waals surface area contributed by atoms with E-state index in [1.54, 1.807) is 0 Å². The molecule has 3 rings (SSSR count). The van der Waals surface area contributed by atoms with Crippen LogP contribution in [0.2, 0.25) is 0 Å². The van der Waals surface area contributed by atoms with Gasteiger partial charge < -0.3 is 14.4 Å². The van der Waals surface area contributed by atoms with Crippen molar-refractivity contribution >= 4 is 17.1 Å². The number of fused-ring (bicyclic) bond motifs is 1. The lowest BCUT2D eigenvalue weighted by atomic mass is 10.1. The molecule has 25 heavy (non-hydrogen) atoms. The summed E-state index contributed by atoms with van der Waals surface area (Å²) < 4.78 is 59.0. The highest BCUT2D eigenvalue weighted by atomic mass is 19.2. The van der Waals surface area contributed by atoms with Crippen LogP contribution in [0.4, 0.5) is 22.4 Å². The highest BCUT2D eigenvalue weighted by Crippen LogP contribution is 2.24. The van der Waals surface area contributed by atoms with Gasteiger partial charge in [-0.25, -0.2) is 22.4 Å². The number of nitrogens with zero attached hydrogens (tertiary/aromatic N) is 1. The Morgan fingerprint density at radius 1 is 0.960 bits per heavy atom. The molecule has 0 unspecified atom stereocenters. The topological polar surface area (TPSA) is 68.5 Å². The molecule has 0 saturated carbocycles. The highest BCUT2D eigenvalue weighted by Gasteiger charge is 2.17. The van der Waals surface area contributed by atoms with Crippen LogP contribution < -0.4 is 10.2 Å². The van der Waals surface area contributed by atoms with Crippen molar-refractivity contribution in [3.8, 4) is 11.4 Å². The summed E-state index contributed by atoms with van der Waals surface area (Å²) in [4.78, 5) is 22.9. The monoisotopic (exact) mass is 353 g/mol. The quantitative estimate of drug-likeness (QED) is 0.565. The molecule has 1 heterocycles. The maximum absolute atomic E-state index is 13.6. The van der Waals surface area contributed by atoms with Crippen molar-refractivity contribution < 1.29 is 32.2 Å². The molecule has 1 aromatic heterocycles. The van der Waals surface area contributed by atoms with Crippen molar-refractivity contribution in [1.82, 2.24) is 4.57 Å². The van der Waals surface area contributed by atoms with Gasteiger partial charge in [0.05, 0.1) is 17.1 Å². The van der Waals surface area contributed by atoms with Crippen molar-refractivity contribution in [3.05, 3.63) is 70.0 Å². The van der Waals surface area contributed by atoms with Gasteiger partial charge in [-0.2, -0.15) is 0 Å². The lowest BCUT2D eigenvalue weighted by Crippen LogP contribution is -2.16. The maximum Gasteiger partial charge on any atom is 0.511 e. The smallest absolute Gasteiger partial charge is 0.449 e. The predicted octanol–water partition coefficient (Wildman–Crippen LogP) is 3.60. The Balaban J connectivity index is 2.41. The summed E-state index contributed by atoms with van der Waals surface area (Å²) in [6.07, 6.45) is -0.945. The van der Waals surface area contributed by atoms with Crippen molar-refractivity contribution in [1.29, 1.82) is 0 Å². The number of ether oxygens (including phenoxy) is 1. The molecule has 1 N–H and O–H groups in total. The lowest BCUT2D eigenvalue weighted by molar-refractivity contribution is 0.144. The second kappa shape index (κ2) is 5.93. The Kier molecular flexibility index (Phi) is 3.91. The molecule has 0 aliphatic rings. The zero-order valence-corrected chi connectivity index (χ0v) is 12.1. The summed E-state index contributed by atoms with van der Waals surface area (Å²) in [5.41, 5.74) is -1.26. The third-order valence-electron chi connectivity index (χ3n) is 3.39. The van der Waals surface area contributed by atoms with E-state index in [0.717, 1.165) is 29.0 Å². The van der Waals surface area contributed by atoms with Crippen LogP contribution in [0, 0.1) is 23.3 Å². The third kappa shape index (κ3) is 2.91. The van der Waals surface area contributed by atoms with Gasteiger partial charge in [-0.3, -0.25) is 4.79 Å². The Morgan fingerprint density at radius 3 is 2.24 bits per heavy atom. The molecule has 0 atom stereocenters. The van der Waals surface area contributed by atoms with E-state index >= 15 is 0 Å². The SMILES string of the molecule is O=C(O)Oc1cn(-c2ccc(F)c(F)c2)c2cc(F)c(F)cc2c1=O. The Morgan fingerprint density at radius 2 is 1.60 bits per heavy atom. The molecule has 2 aromatic carbocycles. The molecular formula is C16H7F4NO4. The molecular weight excluding hydrogens is 346 g/mol. The van der Waals surface area contributed by atoms with Crippen LogP contribution in [-0.2, 0) is 0 Å². The second-order valence-corrected chi connectivity index (χ2v) is 4.94. The summed E-state index contributed by atoms with van der Waals surface area (Å²) in [6, 6.07) is 3.88. The second-order valence-electron chi connectivity index (χ2n) is 4.94. The Labute approximate surface area is 136 Å². The number of hydrogen-bond acceptors (Lipinski definition) is 3. The fraction of sp³-hybridized carbons (Fsp3) is 0. The van der Waals surface area contributed by atoms with Crippen LogP contribution in [0.3, 0.4) is 0 Å². The molecule has 0 spiro atoms. The van der Waals surface area contributed by atoms with Crippen LogP contribution in [0.1, 0.15) is 0 Å². The molecule has 3 aromatic rings. The molecule has 5 nitrogen and oxygen atoms in total. The van der Waals surface area contributed by atoms with Crippen molar-refractivity contribution in [2.24, 2.45) is 0 Å². The molecule has 0 saturated heterocycles. The van der Waals surface area contributed by atoms with Gasteiger partial charge in [-0.05, 0) is 18.2 Å². The van der Waals surface area contributed by atoms with E-state index in [4.69, 9.17) is 5.11 Å². The van der Waals surface area contributed by atoms with Crippen LogP contribution in [0.25, 0.3) is 16.6 Å². The van der Waals surface area contributed by atoms with Crippen molar-refractivity contribution in [2.45, 2.75) is 0 Å². The Bertz CT molecular complexity index is 1080. The van der Waals surface area contributed by atoms with E-state index in [2.05, 4.69) is 4.74 Å². The number of carboxylic acid groups (broad SMARTS) is 1. The first-order valence-electron chi connectivity index (χ1n) is 6.68. The minimum Gasteiger partial charge on any atom is -0.449 e. The molecule has 0 aliphatic carbocycles. The number of pyridine rings is 1. The molecule has 9 heteroatoms. The third-order valence-corrected chi connectivity index (χ3v) is 3.39. The molecule has 128 valence electrons. The first-order valence-corrected chi connectivity index (χ1v) is 6.68. The number of hydrogen-bond donors (Lipinski definition) is 1. The molecule has 0 aliphatic heterocycles. The zero-order valence-electron chi connectivity index (χ0n) is 12.1. The minimum atomic E-state index is -1.81. The van der Waals surface area contributed by atoms with Crippen LogP contribution in [-0.4, -0.2) is 15.8 Å². The number of rotatable bonds is 2. The maximum atomic E-state index is 13.6. The van der Waals surface area contributed by atoms with E-state index in [9.17, 15) is 27.2 Å². The average molecular weight is 353 g/mol. The van der Waals surface area contributed by atoms with Crippen LogP contribution in [0.15, 0.2) is 41.3 Å². The van der Waals surface area contributed by atoms with Crippen molar-refractivity contribution in [2.75, 3.05) is 0 Å². The summed E-state index contributed by atoms with van der Waals surface area (Å²) >= 11 is 0. The van der Waals surface area contributed by atoms with Gasteiger partial charge in [0.2, 0.25) is 5.43 Å². The van der Waals surface area contributed by atoms with Gasteiger partial charge in [-0.15, -0.1) is 0 Å². The fourth-order valence-corrected chi connectivity index (χ4v) is 2.31. The predicted molar refractivity (Wildman–Crippen MR) is 78.0 cm³/mol. The van der Waals surface area contributed by atoms with Gasteiger partial charge in [0.25, 0.3) is 0 Å². The number of aromatic nitrogens is 1.